The van der Waals surface area contributed by atoms with Crippen molar-refractivity contribution >= 4 is 17.2 Å². The molecule has 1 saturated heterocycles. The summed E-state index contributed by atoms with van der Waals surface area (Å²) < 4.78 is 0. The summed E-state index contributed by atoms with van der Waals surface area (Å²) in [6, 6.07) is 0.405. The van der Waals surface area contributed by atoms with Crippen molar-refractivity contribution in [1.82, 2.24) is 9.88 Å². The maximum Gasteiger partial charge on any atom is 0.229 e. The maximum atomic E-state index is 12.1. The van der Waals surface area contributed by atoms with E-state index < -0.39 is 0 Å². The molecular weight excluding hydrogens is 220 g/mol. The largest absolute Gasteiger partial charge is 0.340 e. The van der Waals surface area contributed by atoms with Crippen molar-refractivity contribution < 1.29 is 4.79 Å². The van der Waals surface area contributed by atoms with Gasteiger partial charge in [-0.15, -0.1) is 11.3 Å². The van der Waals surface area contributed by atoms with Crippen molar-refractivity contribution in [3.63, 3.8) is 0 Å². The molecule has 0 spiro atoms. The van der Waals surface area contributed by atoms with Gasteiger partial charge in [-0.05, 0) is 33.1 Å². The van der Waals surface area contributed by atoms with Gasteiger partial charge < -0.3 is 4.90 Å². The number of hydrogen-bond acceptors (Lipinski definition) is 3. The number of carbonyl (C=O) groups is 1. The average molecular weight is 238 g/mol. The molecule has 0 saturated carbocycles. The van der Waals surface area contributed by atoms with Crippen LogP contribution in [-0.4, -0.2) is 28.4 Å². The first kappa shape index (κ1) is 11.6. The highest BCUT2D eigenvalue weighted by Crippen LogP contribution is 2.18. The van der Waals surface area contributed by atoms with Crippen molar-refractivity contribution in [2.75, 3.05) is 6.54 Å². The van der Waals surface area contributed by atoms with E-state index in [1.165, 1.54) is 6.42 Å². The molecule has 1 amide bonds. The van der Waals surface area contributed by atoms with Crippen LogP contribution in [0.3, 0.4) is 0 Å². The Morgan fingerprint density at radius 2 is 2.44 bits per heavy atom. The fourth-order valence-corrected chi connectivity index (χ4v) is 2.95. The van der Waals surface area contributed by atoms with Crippen molar-refractivity contribution in [2.24, 2.45) is 0 Å². The third-order valence-corrected chi connectivity index (χ3v) is 4.06. The Hall–Kier alpha value is -0.900. The Morgan fingerprint density at radius 3 is 3.06 bits per heavy atom. The molecule has 3 nitrogen and oxygen atoms in total. The summed E-state index contributed by atoms with van der Waals surface area (Å²) in [5.41, 5.74) is 1.01. The lowest BCUT2D eigenvalue weighted by Gasteiger charge is -2.33. The molecule has 2 rings (SSSR count). The molecule has 1 aliphatic heterocycles. The molecule has 16 heavy (non-hydrogen) atoms. The highest BCUT2D eigenvalue weighted by atomic mass is 32.1. The van der Waals surface area contributed by atoms with Crippen molar-refractivity contribution in [3.05, 3.63) is 16.1 Å². The van der Waals surface area contributed by atoms with Gasteiger partial charge in [0, 0.05) is 23.7 Å². The lowest BCUT2D eigenvalue weighted by molar-refractivity contribution is -0.133. The predicted octanol–water partition coefficient (Wildman–Crippen LogP) is 2.40. The maximum absolute atomic E-state index is 12.1. The summed E-state index contributed by atoms with van der Waals surface area (Å²) in [5.74, 6) is 0.238. The van der Waals surface area contributed by atoms with Gasteiger partial charge in [-0.2, -0.15) is 0 Å². The van der Waals surface area contributed by atoms with Crippen LogP contribution in [0.2, 0.25) is 0 Å². The van der Waals surface area contributed by atoms with E-state index >= 15 is 0 Å². The van der Waals surface area contributed by atoms with Crippen molar-refractivity contribution in [1.29, 1.82) is 0 Å². The first-order valence-corrected chi connectivity index (χ1v) is 6.75. The van der Waals surface area contributed by atoms with E-state index in [9.17, 15) is 4.79 Å². The number of amides is 1. The number of likely N-dealkylation sites (tertiary alicyclic amines) is 1. The summed E-state index contributed by atoms with van der Waals surface area (Å²) >= 11 is 1.58. The van der Waals surface area contributed by atoms with Gasteiger partial charge in [0.15, 0.2) is 0 Å². The lowest BCUT2D eigenvalue weighted by atomic mass is 10.0. The minimum Gasteiger partial charge on any atom is -0.340 e. The molecular formula is C12H18N2OS. The van der Waals surface area contributed by atoms with Crippen LogP contribution in [0.1, 0.15) is 36.9 Å². The number of piperidine rings is 1. The Balaban J connectivity index is 1.96. The van der Waals surface area contributed by atoms with E-state index in [0.717, 1.165) is 30.1 Å². The molecule has 1 unspecified atom stereocenters. The second kappa shape index (κ2) is 4.95. The van der Waals surface area contributed by atoms with Gasteiger partial charge in [0.05, 0.1) is 6.42 Å². The first-order valence-electron chi connectivity index (χ1n) is 5.87. The number of aryl methyl sites for hydroxylation is 1. The van der Waals surface area contributed by atoms with Crippen LogP contribution in [0.15, 0.2) is 5.38 Å². The normalized spacial score (nSPS) is 21.1. The van der Waals surface area contributed by atoms with Crippen molar-refractivity contribution in [3.8, 4) is 0 Å². The van der Waals surface area contributed by atoms with Gasteiger partial charge in [-0.3, -0.25) is 4.79 Å². The fraction of sp³-hybridized carbons (Fsp3) is 0.667. The molecule has 2 heterocycles. The molecule has 0 bridgehead atoms. The van der Waals surface area contributed by atoms with Gasteiger partial charge >= 0.3 is 0 Å². The number of aromatic nitrogens is 1. The zero-order valence-corrected chi connectivity index (χ0v) is 10.7. The number of nitrogens with zero attached hydrogens (tertiary/aromatic N) is 2. The smallest absolute Gasteiger partial charge is 0.229 e. The van der Waals surface area contributed by atoms with E-state index in [1.54, 1.807) is 11.3 Å². The summed E-state index contributed by atoms with van der Waals surface area (Å²) in [4.78, 5) is 18.4. The SMILES string of the molecule is Cc1csc(CC(=O)N2CCCCC2C)n1. The first-order chi connectivity index (χ1) is 7.66. The molecule has 1 fully saturated rings. The number of rotatable bonds is 2. The molecule has 0 radical (unpaired) electrons. The second-order valence-electron chi connectivity index (χ2n) is 4.49. The monoisotopic (exact) mass is 238 g/mol. The molecule has 1 aromatic heterocycles. The van der Waals surface area contributed by atoms with Gasteiger partial charge in [0.1, 0.15) is 5.01 Å². The van der Waals surface area contributed by atoms with E-state index in [1.807, 2.05) is 17.2 Å². The summed E-state index contributed by atoms with van der Waals surface area (Å²) in [6.45, 7) is 5.03. The minimum absolute atomic E-state index is 0.238. The molecule has 1 atom stereocenters. The average Bonchev–Trinajstić information content (AvgIpc) is 2.64. The molecule has 0 aliphatic carbocycles. The van der Waals surface area contributed by atoms with E-state index in [0.29, 0.717) is 12.5 Å². The number of thiazole rings is 1. The van der Waals surface area contributed by atoms with Crippen LogP contribution in [0.5, 0.6) is 0 Å². The van der Waals surface area contributed by atoms with E-state index in [2.05, 4.69) is 11.9 Å². The predicted molar refractivity (Wildman–Crippen MR) is 65.6 cm³/mol. The summed E-state index contributed by atoms with van der Waals surface area (Å²) in [7, 11) is 0. The Kier molecular flexibility index (Phi) is 3.59. The number of hydrogen-bond donors (Lipinski definition) is 0. The lowest BCUT2D eigenvalue weighted by Crippen LogP contribution is -2.42. The Bertz CT molecular complexity index is 375. The summed E-state index contributed by atoms with van der Waals surface area (Å²) in [5, 5.41) is 2.95. The Labute approximate surface area is 100 Å². The van der Waals surface area contributed by atoms with Crippen LogP contribution in [-0.2, 0) is 11.2 Å². The zero-order valence-electron chi connectivity index (χ0n) is 9.90. The quantitative estimate of drug-likeness (QED) is 0.792. The number of carbonyl (C=O) groups excluding carboxylic acids is 1. The molecule has 88 valence electrons. The van der Waals surface area contributed by atoms with Gasteiger partial charge in [-0.25, -0.2) is 4.98 Å². The van der Waals surface area contributed by atoms with Crippen LogP contribution in [0, 0.1) is 6.92 Å². The van der Waals surface area contributed by atoms with Gasteiger partial charge in [0.25, 0.3) is 0 Å². The highest BCUT2D eigenvalue weighted by molar-refractivity contribution is 7.09. The molecule has 0 aromatic carbocycles. The standard InChI is InChI=1S/C12H18N2OS/c1-9-8-16-11(13-9)7-12(15)14-6-4-3-5-10(14)2/h8,10H,3-7H2,1-2H3. The fourth-order valence-electron chi connectivity index (χ4n) is 2.18. The van der Waals surface area contributed by atoms with Gasteiger partial charge in [-0.1, -0.05) is 0 Å². The minimum atomic E-state index is 0.238. The Morgan fingerprint density at radius 1 is 1.62 bits per heavy atom. The second-order valence-corrected chi connectivity index (χ2v) is 5.43. The van der Waals surface area contributed by atoms with E-state index in [-0.39, 0.29) is 5.91 Å². The zero-order chi connectivity index (χ0) is 11.5. The van der Waals surface area contributed by atoms with Crippen LogP contribution in [0.25, 0.3) is 0 Å². The molecule has 4 heteroatoms. The van der Waals surface area contributed by atoms with Gasteiger partial charge in [0.2, 0.25) is 5.91 Å². The van der Waals surface area contributed by atoms with Crippen LogP contribution in [0.4, 0.5) is 0 Å². The summed E-state index contributed by atoms with van der Waals surface area (Å²) in [6.07, 6.45) is 4.01. The highest BCUT2D eigenvalue weighted by Gasteiger charge is 2.23. The van der Waals surface area contributed by atoms with Crippen LogP contribution >= 0.6 is 11.3 Å². The molecule has 1 aromatic rings. The topological polar surface area (TPSA) is 33.2 Å². The van der Waals surface area contributed by atoms with Crippen LogP contribution < -0.4 is 0 Å². The third kappa shape index (κ3) is 2.61. The third-order valence-electron chi connectivity index (χ3n) is 3.09. The molecule has 1 aliphatic rings. The van der Waals surface area contributed by atoms with Crippen molar-refractivity contribution in [2.45, 2.75) is 45.6 Å². The molecule has 0 N–H and O–H groups in total. The van der Waals surface area contributed by atoms with E-state index in [4.69, 9.17) is 0 Å².